The predicted molar refractivity (Wildman–Crippen MR) is 102 cm³/mol. The summed E-state index contributed by atoms with van der Waals surface area (Å²) in [7, 11) is 0. The minimum atomic E-state index is -0.539. The fourth-order valence-electron chi connectivity index (χ4n) is 3.45. The van der Waals surface area contributed by atoms with E-state index in [1.807, 2.05) is 28.8 Å². The average Bonchev–Trinajstić information content (AvgIpc) is 2.99. The molecule has 1 N–H and O–H groups in total. The summed E-state index contributed by atoms with van der Waals surface area (Å²) in [4.78, 5) is 18.5. The highest BCUT2D eigenvalue weighted by Crippen LogP contribution is 2.39. The zero-order valence-corrected chi connectivity index (χ0v) is 15.0. The van der Waals surface area contributed by atoms with Gasteiger partial charge in [-0.15, -0.1) is 10.2 Å². The predicted octanol–water partition coefficient (Wildman–Crippen LogP) is 4.11. The molecule has 7 nitrogen and oxygen atoms in total. The van der Waals surface area contributed by atoms with Crippen molar-refractivity contribution in [2.45, 2.75) is 25.9 Å². The van der Waals surface area contributed by atoms with E-state index in [9.17, 15) is 9.90 Å². The van der Waals surface area contributed by atoms with E-state index in [0.29, 0.717) is 12.4 Å². The van der Waals surface area contributed by atoms with Crippen molar-refractivity contribution in [1.82, 2.24) is 14.5 Å². The van der Waals surface area contributed by atoms with Gasteiger partial charge in [0.05, 0.1) is 12.2 Å². The second kappa shape index (κ2) is 7.67. The van der Waals surface area contributed by atoms with Crippen molar-refractivity contribution in [2.75, 3.05) is 13.1 Å². The first-order valence-corrected chi connectivity index (χ1v) is 9.13. The van der Waals surface area contributed by atoms with Crippen LogP contribution in [-0.2, 0) is 6.67 Å². The van der Waals surface area contributed by atoms with Crippen LogP contribution in [0.2, 0.25) is 0 Å². The van der Waals surface area contributed by atoms with Crippen LogP contribution in [0.1, 0.15) is 29.8 Å². The Bertz CT molecular complexity index is 975. The molecule has 0 unspecified atom stereocenters. The number of benzene rings is 1. The second-order valence-electron chi connectivity index (χ2n) is 6.66. The van der Waals surface area contributed by atoms with Gasteiger partial charge in [0.2, 0.25) is 5.88 Å². The molecule has 0 radical (unpaired) electrons. The third-order valence-corrected chi connectivity index (χ3v) is 4.83. The van der Waals surface area contributed by atoms with Gasteiger partial charge in [0.25, 0.3) is 0 Å². The SMILES string of the molecule is O=C(N=Nc1c(O)n(CN2CCCCC2)c2ccccc12)c1ccccn1. The Balaban J connectivity index is 1.67. The number of piperidine rings is 1. The Hall–Kier alpha value is -3.06. The third-order valence-electron chi connectivity index (χ3n) is 4.83. The molecule has 0 aliphatic carbocycles. The molecular formula is C20H21N5O2. The molecule has 0 atom stereocenters. The first-order valence-electron chi connectivity index (χ1n) is 9.13. The van der Waals surface area contributed by atoms with E-state index in [4.69, 9.17) is 0 Å². The lowest BCUT2D eigenvalue weighted by Crippen LogP contribution is -2.31. The van der Waals surface area contributed by atoms with Gasteiger partial charge in [0.15, 0.2) is 5.69 Å². The molecule has 0 spiro atoms. The van der Waals surface area contributed by atoms with Crippen LogP contribution in [-0.4, -0.2) is 38.6 Å². The molecule has 1 fully saturated rings. The summed E-state index contributed by atoms with van der Waals surface area (Å²) in [5, 5.41) is 19.4. The molecule has 3 aromatic rings. The first-order chi connectivity index (χ1) is 13.2. The highest BCUT2D eigenvalue weighted by Gasteiger charge is 2.19. The van der Waals surface area contributed by atoms with Gasteiger partial charge in [-0.1, -0.05) is 30.7 Å². The quantitative estimate of drug-likeness (QED) is 0.707. The van der Waals surface area contributed by atoms with Gasteiger partial charge < -0.3 is 5.11 Å². The van der Waals surface area contributed by atoms with Gasteiger partial charge in [0, 0.05) is 11.6 Å². The van der Waals surface area contributed by atoms with Crippen LogP contribution in [0.4, 0.5) is 5.69 Å². The van der Waals surface area contributed by atoms with Crippen LogP contribution in [0.5, 0.6) is 5.88 Å². The summed E-state index contributed by atoms with van der Waals surface area (Å²) in [6.45, 7) is 2.62. The summed E-state index contributed by atoms with van der Waals surface area (Å²) >= 11 is 0. The molecule has 27 heavy (non-hydrogen) atoms. The number of fused-ring (bicyclic) bond motifs is 1. The molecule has 0 bridgehead atoms. The van der Waals surface area contributed by atoms with Crippen molar-refractivity contribution in [3.05, 3.63) is 54.4 Å². The Morgan fingerprint density at radius 3 is 2.63 bits per heavy atom. The van der Waals surface area contributed by atoms with Crippen LogP contribution in [0.25, 0.3) is 10.9 Å². The minimum Gasteiger partial charge on any atom is -0.493 e. The van der Waals surface area contributed by atoms with Crippen LogP contribution in [0.15, 0.2) is 58.9 Å². The lowest BCUT2D eigenvalue weighted by Gasteiger charge is -2.27. The number of hydrogen-bond donors (Lipinski definition) is 1. The zero-order valence-electron chi connectivity index (χ0n) is 15.0. The van der Waals surface area contributed by atoms with Crippen molar-refractivity contribution in [2.24, 2.45) is 10.2 Å². The van der Waals surface area contributed by atoms with E-state index in [2.05, 4.69) is 20.1 Å². The maximum Gasteiger partial charge on any atom is 0.313 e. The van der Waals surface area contributed by atoms with E-state index in [1.54, 1.807) is 18.2 Å². The number of para-hydroxylation sites is 1. The van der Waals surface area contributed by atoms with E-state index in [-0.39, 0.29) is 11.6 Å². The molecule has 1 amide bonds. The molecule has 1 aliphatic heterocycles. The number of aromatic nitrogens is 2. The number of amides is 1. The van der Waals surface area contributed by atoms with Crippen LogP contribution in [0, 0.1) is 0 Å². The standard InChI is InChI=1S/C20H21N5O2/c26-19(16-9-4-5-11-21-16)23-22-18-15-8-2-3-10-17(15)25(20(18)27)14-24-12-6-1-7-13-24/h2-5,8-11,27H,1,6-7,12-14H2. The van der Waals surface area contributed by atoms with Crippen molar-refractivity contribution < 1.29 is 9.90 Å². The molecule has 2 aromatic heterocycles. The number of carbonyl (C=O) groups excluding carboxylic acids is 1. The molecule has 138 valence electrons. The fraction of sp³-hybridized carbons (Fsp3) is 0.300. The summed E-state index contributed by atoms with van der Waals surface area (Å²) in [5.74, 6) is -0.512. The van der Waals surface area contributed by atoms with Gasteiger partial charge in [-0.05, 0) is 44.1 Å². The maximum atomic E-state index is 12.2. The molecule has 1 aliphatic rings. The van der Waals surface area contributed by atoms with Gasteiger partial charge in [-0.25, -0.2) is 0 Å². The fourth-order valence-corrected chi connectivity index (χ4v) is 3.45. The maximum absolute atomic E-state index is 12.2. The van der Waals surface area contributed by atoms with E-state index in [0.717, 1.165) is 24.0 Å². The van der Waals surface area contributed by atoms with E-state index in [1.165, 1.54) is 25.5 Å². The van der Waals surface area contributed by atoms with Crippen molar-refractivity contribution >= 4 is 22.5 Å². The van der Waals surface area contributed by atoms with Crippen molar-refractivity contribution in [1.29, 1.82) is 0 Å². The smallest absolute Gasteiger partial charge is 0.313 e. The number of azo groups is 1. The molecular weight excluding hydrogens is 342 g/mol. The van der Waals surface area contributed by atoms with E-state index < -0.39 is 5.91 Å². The monoisotopic (exact) mass is 363 g/mol. The Kier molecular flexibility index (Phi) is 4.93. The van der Waals surface area contributed by atoms with E-state index >= 15 is 0 Å². The lowest BCUT2D eigenvalue weighted by atomic mass is 10.1. The van der Waals surface area contributed by atoms with Gasteiger partial charge in [0.1, 0.15) is 5.69 Å². The molecule has 4 rings (SSSR count). The topological polar surface area (TPSA) is 83.1 Å². The first kappa shape index (κ1) is 17.4. The Labute approximate surface area is 157 Å². The molecule has 3 heterocycles. The summed E-state index contributed by atoms with van der Waals surface area (Å²) in [6, 6.07) is 12.7. The average molecular weight is 363 g/mol. The Morgan fingerprint density at radius 2 is 1.85 bits per heavy atom. The largest absolute Gasteiger partial charge is 0.493 e. The number of aromatic hydroxyl groups is 1. The molecule has 7 heteroatoms. The highest BCUT2D eigenvalue weighted by molar-refractivity contribution is 5.96. The minimum absolute atomic E-state index is 0.0272. The van der Waals surface area contributed by atoms with Crippen LogP contribution < -0.4 is 0 Å². The van der Waals surface area contributed by atoms with Gasteiger partial charge in [-0.2, -0.15) is 0 Å². The Morgan fingerprint density at radius 1 is 1.07 bits per heavy atom. The van der Waals surface area contributed by atoms with Crippen molar-refractivity contribution in [3.8, 4) is 5.88 Å². The number of hydrogen-bond acceptors (Lipinski definition) is 5. The number of likely N-dealkylation sites (tertiary alicyclic amines) is 1. The zero-order chi connectivity index (χ0) is 18.6. The molecule has 0 saturated carbocycles. The number of carbonyl (C=O) groups is 1. The summed E-state index contributed by atoms with van der Waals surface area (Å²) in [5.41, 5.74) is 1.41. The second-order valence-corrected chi connectivity index (χ2v) is 6.66. The number of rotatable bonds is 4. The molecule has 1 saturated heterocycles. The summed E-state index contributed by atoms with van der Waals surface area (Å²) in [6.07, 6.45) is 5.13. The number of pyridine rings is 1. The van der Waals surface area contributed by atoms with Crippen LogP contribution >= 0.6 is 0 Å². The van der Waals surface area contributed by atoms with Crippen molar-refractivity contribution in [3.63, 3.8) is 0 Å². The highest BCUT2D eigenvalue weighted by atomic mass is 16.3. The van der Waals surface area contributed by atoms with Gasteiger partial charge >= 0.3 is 5.91 Å². The summed E-state index contributed by atoms with van der Waals surface area (Å²) < 4.78 is 1.83. The third kappa shape index (κ3) is 3.59. The lowest BCUT2D eigenvalue weighted by molar-refractivity contribution is 0.0990. The number of nitrogens with zero attached hydrogens (tertiary/aromatic N) is 5. The van der Waals surface area contributed by atoms with Crippen LogP contribution in [0.3, 0.4) is 0 Å². The normalized spacial score (nSPS) is 15.6. The van der Waals surface area contributed by atoms with Gasteiger partial charge in [-0.3, -0.25) is 19.2 Å². The molecule has 1 aromatic carbocycles.